The molecule has 1 unspecified atom stereocenters. The maximum atomic E-state index is 11.6. The zero-order chi connectivity index (χ0) is 12.7. The lowest BCUT2D eigenvalue weighted by Crippen LogP contribution is -2.33. The Hall–Kier alpha value is -1.82. The number of nitrogens with zero attached hydrogens (tertiary/aromatic N) is 1. The summed E-state index contributed by atoms with van der Waals surface area (Å²) < 4.78 is 0. The Balaban J connectivity index is 2.44. The first-order valence-electron chi connectivity index (χ1n) is 5.90. The van der Waals surface area contributed by atoms with Crippen LogP contribution in [-0.4, -0.2) is 11.9 Å². The zero-order valence-corrected chi connectivity index (χ0v) is 10.4. The van der Waals surface area contributed by atoms with Crippen LogP contribution in [0.15, 0.2) is 24.3 Å². The number of aryl methyl sites for hydroxylation is 2. The fourth-order valence-corrected chi connectivity index (χ4v) is 1.63. The van der Waals surface area contributed by atoms with E-state index in [1.807, 2.05) is 38.1 Å². The van der Waals surface area contributed by atoms with Gasteiger partial charge in [0.1, 0.15) is 6.04 Å². The van der Waals surface area contributed by atoms with Gasteiger partial charge in [0.15, 0.2) is 0 Å². The van der Waals surface area contributed by atoms with Crippen molar-refractivity contribution in [3.8, 4) is 6.07 Å². The fourth-order valence-electron chi connectivity index (χ4n) is 1.63. The van der Waals surface area contributed by atoms with Crippen molar-refractivity contribution in [2.45, 2.75) is 39.2 Å². The Morgan fingerprint density at radius 2 is 2.18 bits per heavy atom. The quantitative estimate of drug-likeness (QED) is 0.844. The molecule has 0 radical (unpaired) electrons. The number of hydrogen-bond acceptors (Lipinski definition) is 2. The van der Waals surface area contributed by atoms with Crippen LogP contribution in [0.4, 0.5) is 0 Å². The van der Waals surface area contributed by atoms with Gasteiger partial charge in [-0.05, 0) is 30.9 Å². The molecule has 0 spiro atoms. The van der Waals surface area contributed by atoms with Gasteiger partial charge in [0.05, 0.1) is 6.07 Å². The molecule has 1 amide bonds. The van der Waals surface area contributed by atoms with E-state index in [-0.39, 0.29) is 11.9 Å². The van der Waals surface area contributed by atoms with Crippen LogP contribution in [0.3, 0.4) is 0 Å². The van der Waals surface area contributed by atoms with Crippen molar-refractivity contribution in [1.29, 1.82) is 5.26 Å². The second-order valence-electron chi connectivity index (χ2n) is 4.08. The van der Waals surface area contributed by atoms with Crippen LogP contribution >= 0.6 is 0 Å². The van der Waals surface area contributed by atoms with E-state index in [1.54, 1.807) is 0 Å². The van der Waals surface area contributed by atoms with Gasteiger partial charge in [-0.15, -0.1) is 0 Å². The summed E-state index contributed by atoms with van der Waals surface area (Å²) in [5.41, 5.74) is 2.39. The molecule has 1 rings (SSSR count). The van der Waals surface area contributed by atoms with E-state index in [0.29, 0.717) is 12.8 Å². The Kier molecular flexibility index (Phi) is 5.22. The van der Waals surface area contributed by atoms with E-state index in [9.17, 15) is 4.79 Å². The second-order valence-corrected chi connectivity index (χ2v) is 4.08. The van der Waals surface area contributed by atoms with Gasteiger partial charge in [-0.25, -0.2) is 0 Å². The molecule has 0 saturated heterocycles. The standard InChI is InChI=1S/C14H18N2O/c1-3-13(10-15)16-14(17)9-8-12-7-5-4-6-11(12)2/h4-7,13H,3,8-9H2,1-2H3,(H,16,17). The summed E-state index contributed by atoms with van der Waals surface area (Å²) in [6.45, 7) is 3.92. The molecule has 0 fully saturated rings. The molecular weight excluding hydrogens is 212 g/mol. The first kappa shape index (κ1) is 13.2. The van der Waals surface area contributed by atoms with Gasteiger partial charge in [-0.2, -0.15) is 5.26 Å². The van der Waals surface area contributed by atoms with Crippen molar-refractivity contribution >= 4 is 5.91 Å². The van der Waals surface area contributed by atoms with E-state index in [2.05, 4.69) is 11.4 Å². The van der Waals surface area contributed by atoms with Crippen molar-refractivity contribution in [1.82, 2.24) is 5.32 Å². The van der Waals surface area contributed by atoms with E-state index in [0.717, 1.165) is 6.42 Å². The molecule has 0 aromatic heterocycles. The van der Waals surface area contributed by atoms with Gasteiger partial charge >= 0.3 is 0 Å². The molecule has 3 nitrogen and oxygen atoms in total. The highest BCUT2D eigenvalue weighted by molar-refractivity contribution is 5.76. The number of nitriles is 1. The number of nitrogens with one attached hydrogen (secondary N) is 1. The molecule has 0 bridgehead atoms. The monoisotopic (exact) mass is 230 g/mol. The van der Waals surface area contributed by atoms with E-state index in [1.165, 1.54) is 11.1 Å². The molecule has 0 aliphatic rings. The average Bonchev–Trinajstić information content (AvgIpc) is 2.35. The van der Waals surface area contributed by atoms with Crippen LogP contribution in [0, 0.1) is 18.3 Å². The second kappa shape index (κ2) is 6.70. The minimum Gasteiger partial charge on any atom is -0.340 e. The van der Waals surface area contributed by atoms with E-state index < -0.39 is 0 Å². The molecule has 3 heteroatoms. The number of carbonyl (C=O) groups is 1. The summed E-state index contributed by atoms with van der Waals surface area (Å²) >= 11 is 0. The maximum absolute atomic E-state index is 11.6. The van der Waals surface area contributed by atoms with Gasteiger partial charge in [0.2, 0.25) is 5.91 Å². The molecule has 17 heavy (non-hydrogen) atoms. The molecule has 0 aliphatic carbocycles. The molecule has 1 atom stereocenters. The molecule has 1 N–H and O–H groups in total. The molecule has 1 aromatic rings. The van der Waals surface area contributed by atoms with Crippen LogP contribution in [0.1, 0.15) is 30.9 Å². The lowest BCUT2D eigenvalue weighted by Gasteiger charge is -2.09. The predicted molar refractivity (Wildman–Crippen MR) is 67.3 cm³/mol. The van der Waals surface area contributed by atoms with Crippen molar-refractivity contribution in [2.75, 3.05) is 0 Å². The van der Waals surface area contributed by atoms with Gasteiger partial charge in [-0.1, -0.05) is 31.2 Å². The van der Waals surface area contributed by atoms with E-state index in [4.69, 9.17) is 5.26 Å². The third-order valence-electron chi connectivity index (χ3n) is 2.78. The van der Waals surface area contributed by atoms with Crippen molar-refractivity contribution in [3.63, 3.8) is 0 Å². The molecule has 0 saturated carbocycles. The summed E-state index contributed by atoms with van der Waals surface area (Å²) in [5, 5.41) is 11.4. The fraction of sp³-hybridized carbons (Fsp3) is 0.429. The summed E-state index contributed by atoms with van der Waals surface area (Å²) in [5.74, 6) is -0.0540. The van der Waals surface area contributed by atoms with Gasteiger partial charge in [-0.3, -0.25) is 4.79 Å². The first-order valence-corrected chi connectivity index (χ1v) is 5.90. The van der Waals surface area contributed by atoms with Gasteiger partial charge in [0.25, 0.3) is 0 Å². The normalized spacial score (nSPS) is 11.6. The highest BCUT2D eigenvalue weighted by Gasteiger charge is 2.09. The number of hydrogen-bond donors (Lipinski definition) is 1. The van der Waals surface area contributed by atoms with E-state index >= 15 is 0 Å². The number of carbonyl (C=O) groups excluding carboxylic acids is 1. The Morgan fingerprint density at radius 1 is 1.47 bits per heavy atom. The summed E-state index contributed by atoms with van der Waals surface area (Å²) in [7, 11) is 0. The predicted octanol–water partition coefficient (Wildman–Crippen LogP) is 2.35. The Morgan fingerprint density at radius 3 is 2.76 bits per heavy atom. The summed E-state index contributed by atoms with van der Waals surface area (Å²) in [6, 6.07) is 9.73. The number of benzene rings is 1. The van der Waals surface area contributed by atoms with Crippen molar-refractivity contribution in [2.24, 2.45) is 0 Å². The molecule has 0 aliphatic heterocycles. The Labute approximate surface area is 102 Å². The van der Waals surface area contributed by atoms with Gasteiger partial charge in [0, 0.05) is 6.42 Å². The van der Waals surface area contributed by atoms with Crippen molar-refractivity contribution < 1.29 is 4.79 Å². The number of amides is 1. The molecule has 0 heterocycles. The SMILES string of the molecule is CCC(C#N)NC(=O)CCc1ccccc1C. The highest BCUT2D eigenvalue weighted by atomic mass is 16.1. The van der Waals surface area contributed by atoms with Crippen LogP contribution < -0.4 is 5.32 Å². The van der Waals surface area contributed by atoms with Crippen LogP contribution in [-0.2, 0) is 11.2 Å². The van der Waals surface area contributed by atoms with Crippen molar-refractivity contribution in [3.05, 3.63) is 35.4 Å². The Bertz CT molecular complexity index is 420. The van der Waals surface area contributed by atoms with Gasteiger partial charge < -0.3 is 5.32 Å². The number of rotatable bonds is 5. The minimum absolute atomic E-state index is 0.0540. The molecule has 1 aromatic carbocycles. The molecule has 90 valence electrons. The average molecular weight is 230 g/mol. The van der Waals surface area contributed by atoms with Crippen LogP contribution in [0.25, 0.3) is 0 Å². The summed E-state index contributed by atoms with van der Waals surface area (Å²) in [6.07, 6.45) is 1.80. The molecular formula is C14H18N2O. The smallest absolute Gasteiger partial charge is 0.221 e. The largest absolute Gasteiger partial charge is 0.340 e. The highest BCUT2D eigenvalue weighted by Crippen LogP contribution is 2.09. The third kappa shape index (κ3) is 4.28. The lowest BCUT2D eigenvalue weighted by molar-refractivity contribution is -0.121. The maximum Gasteiger partial charge on any atom is 0.221 e. The van der Waals surface area contributed by atoms with Crippen LogP contribution in [0.5, 0.6) is 0 Å². The summed E-state index contributed by atoms with van der Waals surface area (Å²) in [4.78, 5) is 11.6. The topological polar surface area (TPSA) is 52.9 Å². The minimum atomic E-state index is -0.362. The lowest BCUT2D eigenvalue weighted by atomic mass is 10.0. The zero-order valence-electron chi connectivity index (χ0n) is 10.4. The third-order valence-corrected chi connectivity index (χ3v) is 2.78. The van der Waals surface area contributed by atoms with Crippen LogP contribution in [0.2, 0.25) is 0 Å². The first-order chi connectivity index (χ1) is 8.17.